The Morgan fingerprint density at radius 1 is 0.952 bits per heavy atom. The molecule has 1 heterocycles. The van der Waals surface area contributed by atoms with Crippen molar-refractivity contribution in [2.75, 3.05) is 44.8 Å². The Morgan fingerprint density at radius 3 is 2.38 bits per heavy atom. The van der Waals surface area contributed by atoms with Crippen LogP contribution in [0.25, 0.3) is 0 Å². The molecule has 9 heteroatoms. The van der Waals surface area contributed by atoms with Gasteiger partial charge in [0.05, 0.1) is 6.61 Å². The quantitative estimate of drug-likeness (QED) is 0.144. The summed E-state index contributed by atoms with van der Waals surface area (Å²) in [5, 5.41) is 3.51. The smallest absolute Gasteiger partial charge is 0.335 e. The second-order valence-electron chi connectivity index (χ2n) is 10.8. The molecule has 1 N–H and O–H groups in total. The molecule has 1 aliphatic heterocycles. The van der Waals surface area contributed by atoms with Crippen molar-refractivity contribution in [1.29, 1.82) is 0 Å². The van der Waals surface area contributed by atoms with Crippen molar-refractivity contribution in [1.82, 2.24) is 4.90 Å². The van der Waals surface area contributed by atoms with E-state index in [0.29, 0.717) is 56.6 Å². The molecule has 1 saturated heterocycles. The molecule has 4 atom stereocenters. The molecule has 42 heavy (non-hydrogen) atoms. The van der Waals surface area contributed by atoms with E-state index < -0.39 is 23.6 Å². The summed E-state index contributed by atoms with van der Waals surface area (Å²) in [7, 11) is 0. The van der Waals surface area contributed by atoms with Crippen LogP contribution in [0.2, 0.25) is 0 Å². The van der Waals surface area contributed by atoms with E-state index in [4.69, 9.17) is 14.2 Å². The van der Waals surface area contributed by atoms with Gasteiger partial charge in [-0.2, -0.15) is 0 Å². The molecule has 1 saturated carbocycles. The molecular weight excluding hydrogens is 545 g/mol. The molecule has 5 rings (SSSR count). The van der Waals surface area contributed by atoms with Crippen LogP contribution in [0.3, 0.4) is 0 Å². The van der Waals surface area contributed by atoms with Crippen LogP contribution in [0, 0.1) is 29.3 Å². The summed E-state index contributed by atoms with van der Waals surface area (Å²) in [5.74, 6) is -1.15. The molecule has 0 radical (unpaired) electrons. The Kier molecular flexibility index (Phi) is 9.69. The van der Waals surface area contributed by atoms with Crippen LogP contribution >= 0.6 is 0 Å². The van der Waals surface area contributed by atoms with E-state index in [0.717, 1.165) is 36.2 Å². The third-order valence-corrected chi connectivity index (χ3v) is 8.02. The van der Waals surface area contributed by atoms with Crippen LogP contribution < -0.4 is 10.1 Å². The van der Waals surface area contributed by atoms with Crippen molar-refractivity contribution in [3.05, 3.63) is 94.8 Å². The number of hydrogen-bond acceptors (Lipinski definition) is 6. The minimum absolute atomic E-state index is 0.190. The standard InChI is InChI=1S/C33H37F3N2O4/c1-3-40-31(33(39)41-4-2)15-21-9-11-23(12-10-21)42-14-13-37-30-8-6-5-7-24(30)32-25-19-38(20-26(25)32)18-22-16-28(35)29(36)17-27(22)34/h5-12,16-17,25-26,31-32,37H,3-4,13-15,18-20H2,1-2H3/t25-,26?,31+,32-/m1/s1. The first-order valence-corrected chi connectivity index (χ1v) is 14.6. The fourth-order valence-corrected chi connectivity index (χ4v) is 6.02. The number of nitrogens with zero attached hydrogens (tertiary/aromatic N) is 1. The lowest BCUT2D eigenvalue weighted by Crippen LogP contribution is -2.28. The summed E-state index contributed by atoms with van der Waals surface area (Å²) < 4.78 is 57.6. The Hall–Kier alpha value is -3.56. The lowest BCUT2D eigenvalue weighted by molar-refractivity contribution is -0.156. The fourth-order valence-electron chi connectivity index (χ4n) is 6.02. The Bertz CT molecular complexity index is 1360. The van der Waals surface area contributed by atoms with Crippen molar-refractivity contribution < 1.29 is 32.2 Å². The summed E-state index contributed by atoms with van der Waals surface area (Å²) in [6, 6.07) is 17.5. The average molecular weight is 583 g/mol. The first-order valence-electron chi connectivity index (χ1n) is 14.6. The van der Waals surface area contributed by atoms with Gasteiger partial charge in [0.2, 0.25) is 0 Å². The largest absolute Gasteiger partial charge is 0.492 e. The van der Waals surface area contributed by atoms with Crippen LogP contribution in [-0.2, 0) is 27.2 Å². The Balaban J connectivity index is 1.08. The van der Waals surface area contributed by atoms with Crippen LogP contribution in [0.15, 0.2) is 60.7 Å². The molecule has 224 valence electrons. The first kappa shape index (κ1) is 29.9. The summed E-state index contributed by atoms with van der Waals surface area (Å²) >= 11 is 0. The van der Waals surface area contributed by atoms with Crippen molar-refractivity contribution in [2.45, 2.75) is 38.8 Å². The molecule has 6 nitrogen and oxygen atoms in total. The number of anilines is 1. The molecule has 0 aromatic heterocycles. The normalized spacial score (nSPS) is 20.2. The van der Waals surface area contributed by atoms with Crippen molar-refractivity contribution >= 4 is 11.7 Å². The second-order valence-corrected chi connectivity index (χ2v) is 10.8. The van der Waals surface area contributed by atoms with Gasteiger partial charge >= 0.3 is 5.97 Å². The number of esters is 1. The Labute approximate surface area is 244 Å². The number of fused-ring (bicyclic) bond motifs is 1. The number of likely N-dealkylation sites (tertiary alicyclic amines) is 1. The lowest BCUT2D eigenvalue weighted by Gasteiger charge is -2.21. The number of benzene rings is 3. The van der Waals surface area contributed by atoms with Crippen molar-refractivity contribution in [3.63, 3.8) is 0 Å². The number of carbonyl (C=O) groups excluding carboxylic acids is 1. The van der Waals surface area contributed by atoms with E-state index in [9.17, 15) is 18.0 Å². The van der Waals surface area contributed by atoms with Gasteiger partial charge in [0.1, 0.15) is 18.2 Å². The molecule has 1 aliphatic carbocycles. The molecule has 0 amide bonds. The van der Waals surface area contributed by atoms with E-state index in [1.807, 2.05) is 43.3 Å². The number of rotatable bonds is 14. The predicted molar refractivity (Wildman–Crippen MR) is 154 cm³/mol. The van der Waals surface area contributed by atoms with Crippen molar-refractivity contribution in [3.8, 4) is 5.75 Å². The summed E-state index contributed by atoms with van der Waals surface area (Å²) in [4.78, 5) is 14.2. The number of halogens is 3. The van der Waals surface area contributed by atoms with Gasteiger partial charge in [-0.25, -0.2) is 18.0 Å². The molecule has 2 fully saturated rings. The van der Waals surface area contributed by atoms with E-state index in [1.54, 1.807) is 6.92 Å². The molecule has 2 aliphatic rings. The SMILES string of the molecule is CCOC(=O)[C@H](Cc1ccc(OCCNc2ccccc2[C@H]2C3CN(Cc4cc(F)c(F)cc4F)C[C@H]32)cc1)OCC. The second kappa shape index (κ2) is 13.6. The molecule has 0 spiro atoms. The predicted octanol–water partition coefficient (Wildman–Crippen LogP) is 5.95. The highest BCUT2D eigenvalue weighted by molar-refractivity contribution is 5.75. The zero-order chi connectivity index (χ0) is 29.6. The minimum Gasteiger partial charge on any atom is -0.492 e. The van der Waals surface area contributed by atoms with E-state index in [2.05, 4.69) is 22.3 Å². The maximum atomic E-state index is 14.1. The lowest BCUT2D eigenvalue weighted by atomic mass is 10.0. The van der Waals surface area contributed by atoms with Gasteiger partial charge in [0.25, 0.3) is 0 Å². The number of hydrogen-bond donors (Lipinski definition) is 1. The van der Waals surface area contributed by atoms with Gasteiger partial charge in [0, 0.05) is 56.5 Å². The van der Waals surface area contributed by atoms with Crippen LogP contribution in [0.4, 0.5) is 18.9 Å². The number of carbonyl (C=O) groups is 1. The van der Waals surface area contributed by atoms with Crippen molar-refractivity contribution in [2.24, 2.45) is 11.8 Å². The first-order chi connectivity index (χ1) is 20.4. The van der Waals surface area contributed by atoms with E-state index >= 15 is 0 Å². The zero-order valence-electron chi connectivity index (χ0n) is 24.0. The van der Waals surface area contributed by atoms with Crippen LogP contribution in [0.5, 0.6) is 5.75 Å². The molecule has 3 aromatic rings. The van der Waals surface area contributed by atoms with Gasteiger partial charge in [-0.05, 0) is 67.0 Å². The van der Waals surface area contributed by atoms with Crippen LogP contribution in [-0.4, -0.2) is 56.4 Å². The molecular formula is C33H37F3N2O4. The molecule has 1 unspecified atom stereocenters. The number of nitrogens with one attached hydrogen (secondary N) is 1. The summed E-state index contributed by atoms with van der Waals surface area (Å²) in [6.07, 6.45) is -0.184. The highest BCUT2D eigenvalue weighted by atomic mass is 19.2. The molecule has 0 bridgehead atoms. The fraction of sp³-hybridized carbons (Fsp3) is 0.424. The summed E-state index contributed by atoms with van der Waals surface area (Å²) in [5.41, 5.74) is 3.50. The number of ether oxygens (including phenoxy) is 3. The van der Waals surface area contributed by atoms with Gasteiger partial charge in [0.15, 0.2) is 17.7 Å². The maximum Gasteiger partial charge on any atom is 0.335 e. The van der Waals surface area contributed by atoms with Gasteiger partial charge in [-0.15, -0.1) is 0 Å². The summed E-state index contributed by atoms with van der Waals surface area (Å²) in [6.45, 7) is 7.35. The maximum absolute atomic E-state index is 14.1. The highest BCUT2D eigenvalue weighted by Crippen LogP contribution is 2.59. The third-order valence-electron chi connectivity index (χ3n) is 8.02. The highest BCUT2D eigenvalue weighted by Gasteiger charge is 2.56. The van der Waals surface area contributed by atoms with Crippen LogP contribution in [0.1, 0.15) is 36.5 Å². The zero-order valence-corrected chi connectivity index (χ0v) is 24.0. The average Bonchev–Trinajstić information content (AvgIpc) is 3.48. The monoisotopic (exact) mass is 582 g/mol. The number of para-hydroxylation sites is 1. The van der Waals surface area contributed by atoms with E-state index in [1.165, 1.54) is 5.56 Å². The minimum atomic E-state index is -1.16. The third kappa shape index (κ3) is 7.07. The Morgan fingerprint density at radius 2 is 1.67 bits per heavy atom. The topological polar surface area (TPSA) is 60.0 Å². The van der Waals surface area contributed by atoms with Gasteiger partial charge in [-0.3, -0.25) is 4.90 Å². The van der Waals surface area contributed by atoms with E-state index in [-0.39, 0.29) is 18.1 Å². The molecule has 3 aromatic carbocycles. The van der Waals surface area contributed by atoms with Gasteiger partial charge in [-0.1, -0.05) is 30.3 Å². The number of piperidine rings is 1. The van der Waals surface area contributed by atoms with Gasteiger partial charge < -0.3 is 19.5 Å².